The molecule has 0 saturated carbocycles. The third-order valence-corrected chi connectivity index (χ3v) is 5.70. The van der Waals surface area contributed by atoms with Crippen molar-refractivity contribution in [1.29, 1.82) is 0 Å². The van der Waals surface area contributed by atoms with E-state index < -0.39 is 17.7 Å². The Hall–Kier alpha value is -2.61. The predicted molar refractivity (Wildman–Crippen MR) is 111 cm³/mol. The Balaban J connectivity index is 1.61. The Kier molecular flexibility index (Phi) is 6.22. The number of hydrogen-bond acceptors (Lipinski definition) is 6. The van der Waals surface area contributed by atoms with Gasteiger partial charge in [0, 0.05) is 36.8 Å². The van der Waals surface area contributed by atoms with Crippen molar-refractivity contribution < 1.29 is 23.8 Å². The van der Waals surface area contributed by atoms with Gasteiger partial charge in [-0.05, 0) is 42.8 Å². The summed E-state index contributed by atoms with van der Waals surface area (Å²) in [6.45, 7) is 4.31. The average Bonchev–Trinajstić information content (AvgIpc) is 3.37. The number of halogens is 1. The maximum atomic E-state index is 12.9. The minimum absolute atomic E-state index is 0.0312. The van der Waals surface area contributed by atoms with Gasteiger partial charge in [0.1, 0.15) is 17.6 Å². The zero-order valence-corrected chi connectivity index (χ0v) is 17.2. The summed E-state index contributed by atoms with van der Waals surface area (Å²) in [6.07, 6.45) is 2.19. The molecule has 2 saturated heterocycles. The van der Waals surface area contributed by atoms with Crippen molar-refractivity contribution in [2.24, 2.45) is 0 Å². The van der Waals surface area contributed by atoms with E-state index in [1.807, 2.05) is 0 Å². The van der Waals surface area contributed by atoms with E-state index in [9.17, 15) is 14.7 Å². The molecule has 0 unspecified atom stereocenters. The normalized spacial score (nSPS) is 22.0. The molecule has 0 bridgehead atoms. The minimum atomic E-state index is -0.764. The standard InChI is InChI=1S/C22H23ClN2O5/c23-16-6-4-15(5-7-16)20(26)18-19(17-3-1-12-30-17)25(22(28)21(18)27)9-2-8-24-10-13-29-14-11-24/h1,3-7,12,19,26H,2,8-11,13-14H2/b20-18+/t19-/m1/s1. The van der Waals surface area contributed by atoms with E-state index >= 15 is 0 Å². The molecule has 1 N–H and O–H groups in total. The van der Waals surface area contributed by atoms with Gasteiger partial charge in [-0.2, -0.15) is 0 Å². The number of ether oxygens (including phenoxy) is 1. The number of carbonyl (C=O) groups is 2. The van der Waals surface area contributed by atoms with Crippen LogP contribution in [0.25, 0.3) is 5.76 Å². The first-order chi connectivity index (χ1) is 14.6. The SMILES string of the molecule is O=C1C(=O)N(CCCN2CCOCC2)[C@H](c2ccco2)/C1=C(\O)c1ccc(Cl)cc1. The number of rotatable bonds is 6. The monoisotopic (exact) mass is 430 g/mol. The van der Waals surface area contributed by atoms with Gasteiger partial charge in [-0.1, -0.05) is 11.6 Å². The lowest BCUT2D eigenvalue weighted by molar-refractivity contribution is -0.140. The first-order valence-electron chi connectivity index (χ1n) is 9.94. The number of furan rings is 1. The summed E-state index contributed by atoms with van der Waals surface area (Å²) in [5.74, 6) is -1.14. The second-order valence-electron chi connectivity index (χ2n) is 7.32. The van der Waals surface area contributed by atoms with E-state index in [2.05, 4.69) is 4.90 Å². The third kappa shape index (κ3) is 4.14. The maximum Gasteiger partial charge on any atom is 0.295 e. The highest BCUT2D eigenvalue weighted by Crippen LogP contribution is 2.39. The number of hydrogen-bond donors (Lipinski definition) is 1. The van der Waals surface area contributed by atoms with E-state index in [1.54, 1.807) is 36.4 Å². The van der Waals surface area contributed by atoms with Crippen LogP contribution < -0.4 is 0 Å². The Morgan fingerprint density at radius 2 is 1.83 bits per heavy atom. The fraction of sp³-hybridized carbons (Fsp3) is 0.364. The second kappa shape index (κ2) is 9.04. The van der Waals surface area contributed by atoms with Crippen molar-refractivity contribution in [3.05, 3.63) is 64.6 Å². The summed E-state index contributed by atoms with van der Waals surface area (Å²) < 4.78 is 10.9. The molecule has 8 heteroatoms. The molecule has 1 atom stereocenters. The molecular formula is C22H23ClN2O5. The maximum absolute atomic E-state index is 12.9. The van der Waals surface area contributed by atoms with Crippen molar-refractivity contribution in [2.45, 2.75) is 12.5 Å². The molecule has 1 amide bonds. The number of likely N-dealkylation sites (tertiary alicyclic amines) is 1. The minimum Gasteiger partial charge on any atom is -0.507 e. The number of aliphatic hydroxyl groups is 1. The number of nitrogens with zero attached hydrogens (tertiary/aromatic N) is 2. The van der Waals surface area contributed by atoms with E-state index in [-0.39, 0.29) is 11.3 Å². The summed E-state index contributed by atoms with van der Waals surface area (Å²) in [4.78, 5) is 29.5. The zero-order valence-electron chi connectivity index (χ0n) is 16.4. The number of Topliss-reactive ketones (excluding diaryl/α,β-unsaturated/α-hetero) is 1. The molecule has 1 aromatic carbocycles. The van der Waals surface area contributed by atoms with Crippen LogP contribution in [0.1, 0.15) is 23.8 Å². The Bertz CT molecular complexity index is 933. The van der Waals surface area contributed by atoms with Gasteiger partial charge < -0.3 is 19.2 Å². The first-order valence-corrected chi connectivity index (χ1v) is 10.3. The quantitative estimate of drug-likeness (QED) is 0.431. The van der Waals surface area contributed by atoms with Crippen LogP contribution in [-0.2, 0) is 14.3 Å². The highest BCUT2D eigenvalue weighted by atomic mass is 35.5. The summed E-state index contributed by atoms with van der Waals surface area (Å²) >= 11 is 5.93. The summed E-state index contributed by atoms with van der Waals surface area (Å²) in [7, 11) is 0. The molecule has 4 rings (SSSR count). The lowest BCUT2D eigenvalue weighted by Gasteiger charge is -2.28. The molecule has 0 radical (unpaired) electrons. The fourth-order valence-corrected chi connectivity index (χ4v) is 4.03. The molecule has 158 valence electrons. The number of benzene rings is 1. The molecule has 2 aliphatic heterocycles. The Labute approximate surface area is 179 Å². The predicted octanol–water partition coefficient (Wildman–Crippen LogP) is 3.08. The summed E-state index contributed by atoms with van der Waals surface area (Å²) in [6, 6.07) is 9.12. The average molecular weight is 431 g/mol. The van der Waals surface area contributed by atoms with Gasteiger partial charge in [0.25, 0.3) is 11.7 Å². The Morgan fingerprint density at radius 1 is 1.10 bits per heavy atom. The molecule has 2 aliphatic rings. The van der Waals surface area contributed by atoms with Crippen molar-refractivity contribution in [1.82, 2.24) is 9.80 Å². The van der Waals surface area contributed by atoms with Crippen molar-refractivity contribution in [2.75, 3.05) is 39.4 Å². The molecule has 7 nitrogen and oxygen atoms in total. The number of ketones is 1. The second-order valence-corrected chi connectivity index (χ2v) is 7.76. The van der Waals surface area contributed by atoms with Gasteiger partial charge in [-0.15, -0.1) is 0 Å². The molecule has 3 heterocycles. The van der Waals surface area contributed by atoms with Crippen LogP contribution in [0.15, 0.2) is 52.7 Å². The molecule has 1 aromatic heterocycles. The van der Waals surface area contributed by atoms with Crippen LogP contribution in [0.2, 0.25) is 5.02 Å². The van der Waals surface area contributed by atoms with Crippen LogP contribution in [0, 0.1) is 0 Å². The van der Waals surface area contributed by atoms with Crippen LogP contribution in [0.5, 0.6) is 0 Å². The molecule has 2 aromatic rings. The number of aliphatic hydroxyl groups excluding tert-OH is 1. The van der Waals surface area contributed by atoms with Crippen LogP contribution >= 0.6 is 11.6 Å². The largest absolute Gasteiger partial charge is 0.507 e. The summed E-state index contributed by atoms with van der Waals surface area (Å²) in [5.41, 5.74) is 0.450. The molecule has 2 fully saturated rings. The molecule has 30 heavy (non-hydrogen) atoms. The third-order valence-electron chi connectivity index (χ3n) is 5.45. The van der Waals surface area contributed by atoms with Gasteiger partial charge in [0.15, 0.2) is 0 Å². The molecule has 0 spiro atoms. The molecule has 0 aliphatic carbocycles. The van der Waals surface area contributed by atoms with Gasteiger partial charge >= 0.3 is 0 Å². The van der Waals surface area contributed by atoms with Crippen molar-refractivity contribution >= 4 is 29.1 Å². The van der Waals surface area contributed by atoms with E-state index in [1.165, 1.54) is 11.2 Å². The smallest absolute Gasteiger partial charge is 0.295 e. The van der Waals surface area contributed by atoms with Gasteiger partial charge in [0.2, 0.25) is 0 Å². The zero-order chi connectivity index (χ0) is 21.1. The molecular weight excluding hydrogens is 408 g/mol. The van der Waals surface area contributed by atoms with E-state index in [0.29, 0.717) is 42.5 Å². The number of carbonyl (C=O) groups excluding carboxylic acids is 2. The van der Waals surface area contributed by atoms with Gasteiger partial charge in [0.05, 0.1) is 25.1 Å². The topological polar surface area (TPSA) is 83.2 Å². The fourth-order valence-electron chi connectivity index (χ4n) is 3.91. The van der Waals surface area contributed by atoms with Crippen molar-refractivity contribution in [3.8, 4) is 0 Å². The van der Waals surface area contributed by atoms with E-state index in [0.717, 1.165) is 19.6 Å². The van der Waals surface area contributed by atoms with Gasteiger partial charge in [-0.25, -0.2) is 0 Å². The van der Waals surface area contributed by atoms with Crippen molar-refractivity contribution in [3.63, 3.8) is 0 Å². The lowest BCUT2D eigenvalue weighted by Crippen LogP contribution is -2.38. The van der Waals surface area contributed by atoms with Crippen LogP contribution in [0.4, 0.5) is 0 Å². The van der Waals surface area contributed by atoms with Crippen LogP contribution in [-0.4, -0.2) is 66.0 Å². The lowest BCUT2D eigenvalue weighted by atomic mass is 9.99. The summed E-state index contributed by atoms with van der Waals surface area (Å²) in [5, 5.41) is 11.4. The Morgan fingerprint density at radius 3 is 2.50 bits per heavy atom. The first kappa shape index (κ1) is 20.7. The number of amides is 1. The highest BCUT2D eigenvalue weighted by Gasteiger charge is 2.47. The van der Waals surface area contributed by atoms with E-state index in [4.69, 9.17) is 20.8 Å². The van der Waals surface area contributed by atoms with Crippen LogP contribution in [0.3, 0.4) is 0 Å². The highest BCUT2D eigenvalue weighted by molar-refractivity contribution is 6.46. The van der Waals surface area contributed by atoms with Gasteiger partial charge in [-0.3, -0.25) is 14.5 Å². The number of morpholine rings is 1.